The molecule has 4 aliphatic carbocycles. The summed E-state index contributed by atoms with van der Waals surface area (Å²) in [5.74, 6) is 0.497. The number of carbonyl (C=O) groups excluding carboxylic acids is 4. The summed E-state index contributed by atoms with van der Waals surface area (Å²) in [5.41, 5.74) is 1.63. The Morgan fingerprint density at radius 3 is 2.27 bits per heavy atom. The van der Waals surface area contributed by atoms with E-state index in [4.69, 9.17) is 9.47 Å². The van der Waals surface area contributed by atoms with Crippen molar-refractivity contribution < 1.29 is 38.9 Å². The first-order valence-electron chi connectivity index (χ1n) is 20.8. The maximum Gasteiger partial charge on any atom is 0.340 e. The summed E-state index contributed by atoms with van der Waals surface area (Å²) in [4.78, 5) is 52.5. The van der Waals surface area contributed by atoms with E-state index < -0.39 is 23.9 Å². The SMILES string of the molecule is CCOC(=O)c1ccccc1NC(=O)CC[C@H](NC(=O)CC[C@@H](C)[C@H]1CC[C@H]2[C@@H]3[C@H](O)C[C@@H]4C[C@H](O)CC[C@]4(C)[C@H]3CC[C@]12C)C(=O)OCc1ccccc1. The number of benzene rings is 2. The second-order valence-corrected chi connectivity index (χ2v) is 17.5. The lowest BCUT2D eigenvalue weighted by Gasteiger charge is -2.62. The molecule has 0 saturated heterocycles. The number of ether oxygens (including phenoxy) is 2. The molecule has 0 aliphatic heterocycles. The number of para-hydroxylation sites is 1. The average Bonchev–Trinajstić information content (AvgIpc) is 3.53. The van der Waals surface area contributed by atoms with E-state index >= 15 is 0 Å². The molecule has 11 atom stereocenters. The third-order valence-corrected chi connectivity index (χ3v) is 14.4. The number of anilines is 1. The van der Waals surface area contributed by atoms with Gasteiger partial charge in [0.2, 0.25) is 11.8 Å². The fraction of sp³-hybridized carbons (Fsp3) is 0.644. The highest BCUT2D eigenvalue weighted by Crippen LogP contribution is 2.68. The van der Waals surface area contributed by atoms with Crippen molar-refractivity contribution in [2.24, 2.45) is 46.3 Å². The molecule has 55 heavy (non-hydrogen) atoms. The Bertz CT molecular complexity index is 1670. The van der Waals surface area contributed by atoms with Crippen molar-refractivity contribution in [1.82, 2.24) is 5.32 Å². The number of amides is 2. The molecular formula is C45H62N2O8. The van der Waals surface area contributed by atoms with Crippen LogP contribution in [0, 0.1) is 46.3 Å². The Kier molecular flexibility index (Phi) is 13.1. The fourth-order valence-corrected chi connectivity index (χ4v) is 11.5. The first-order chi connectivity index (χ1) is 26.3. The van der Waals surface area contributed by atoms with E-state index in [9.17, 15) is 29.4 Å². The van der Waals surface area contributed by atoms with Gasteiger partial charge in [0.05, 0.1) is 30.1 Å². The van der Waals surface area contributed by atoms with Crippen molar-refractivity contribution in [3.8, 4) is 0 Å². The van der Waals surface area contributed by atoms with Gasteiger partial charge in [-0.15, -0.1) is 0 Å². The van der Waals surface area contributed by atoms with Gasteiger partial charge in [0.15, 0.2) is 0 Å². The minimum Gasteiger partial charge on any atom is -0.462 e. The zero-order chi connectivity index (χ0) is 39.3. The molecule has 6 rings (SSSR count). The molecule has 4 N–H and O–H groups in total. The third kappa shape index (κ3) is 8.96. The zero-order valence-corrected chi connectivity index (χ0v) is 33.1. The smallest absolute Gasteiger partial charge is 0.340 e. The summed E-state index contributed by atoms with van der Waals surface area (Å²) >= 11 is 0. The number of aliphatic hydroxyl groups is 2. The molecule has 4 saturated carbocycles. The lowest BCUT2D eigenvalue weighted by Crippen LogP contribution is -2.58. The molecule has 2 aromatic carbocycles. The molecule has 2 amide bonds. The first kappa shape index (κ1) is 40.9. The highest BCUT2D eigenvalue weighted by atomic mass is 16.5. The van der Waals surface area contributed by atoms with Crippen LogP contribution in [0.5, 0.6) is 0 Å². The van der Waals surface area contributed by atoms with E-state index in [-0.39, 0.29) is 78.8 Å². The molecule has 0 bridgehead atoms. The minimum absolute atomic E-state index is 0.0221. The van der Waals surface area contributed by atoms with Crippen LogP contribution in [0.25, 0.3) is 0 Å². The Morgan fingerprint density at radius 2 is 1.51 bits per heavy atom. The molecule has 300 valence electrons. The Morgan fingerprint density at radius 1 is 0.818 bits per heavy atom. The van der Waals surface area contributed by atoms with Gasteiger partial charge in [-0.25, -0.2) is 9.59 Å². The number of aliphatic hydroxyl groups excluding tert-OH is 2. The van der Waals surface area contributed by atoms with E-state index in [2.05, 4.69) is 31.4 Å². The van der Waals surface area contributed by atoms with Crippen LogP contribution in [0.4, 0.5) is 5.69 Å². The second-order valence-electron chi connectivity index (χ2n) is 17.5. The standard InChI is InChI=1S/C45H62N2O8/c1-5-54-42(52)32-13-9-10-14-36(32)46-40(51)20-18-37(43(53)55-27-29-11-7-6-8-12-29)47-39(50)19-15-28(2)33-16-17-34-41-35(22-24-45(33,34)4)44(3)23-21-31(48)25-30(44)26-38(41)49/h6-14,28,30-31,33-35,37-38,41,48-49H,5,15-27H2,1-4H3,(H,46,51)(H,47,50)/t28-,30+,31-,33-,34+,35+,37+,38-,41+,44+,45-/m1/s1. The maximum absolute atomic E-state index is 13.5. The minimum atomic E-state index is -1.03. The highest BCUT2D eigenvalue weighted by molar-refractivity contribution is 6.01. The molecule has 4 fully saturated rings. The van der Waals surface area contributed by atoms with Crippen molar-refractivity contribution in [2.75, 3.05) is 11.9 Å². The molecule has 4 aliphatic rings. The van der Waals surface area contributed by atoms with Gasteiger partial charge in [-0.05, 0) is 135 Å². The number of rotatable bonds is 14. The van der Waals surface area contributed by atoms with Gasteiger partial charge in [-0.3, -0.25) is 9.59 Å². The van der Waals surface area contributed by atoms with Gasteiger partial charge < -0.3 is 30.3 Å². The van der Waals surface area contributed by atoms with Crippen molar-refractivity contribution in [3.05, 3.63) is 65.7 Å². The van der Waals surface area contributed by atoms with Gasteiger partial charge >= 0.3 is 11.9 Å². The number of fused-ring (bicyclic) bond motifs is 5. The number of hydrogen-bond donors (Lipinski definition) is 4. The predicted octanol–water partition coefficient (Wildman–Crippen LogP) is 7.22. The summed E-state index contributed by atoms with van der Waals surface area (Å²) in [6.45, 7) is 9.07. The molecule has 0 radical (unpaired) electrons. The van der Waals surface area contributed by atoms with Gasteiger partial charge in [0.25, 0.3) is 0 Å². The quantitative estimate of drug-likeness (QED) is 0.148. The Balaban J connectivity index is 1.06. The van der Waals surface area contributed by atoms with Crippen molar-refractivity contribution in [1.29, 1.82) is 0 Å². The summed E-state index contributed by atoms with van der Waals surface area (Å²) in [6.07, 6.45) is 8.20. The van der Waals surface area contributed by atoms with Crippen LogP contribution in [-0.4, -0.2) is 58.8 Å². The van der Waals surface area contributed by atoms with Crippen LogP contribution in [0.15, 0.2) is 54.6 Å². The second kappa shape index (κ2) is 17.6. The molecular weight excluding hydrogens is 697 g/mol. The van der Waals surface area contributed by atoms with E-state index in [1.54, 1.807) is 31.2 Å². The number of esters is 2. The normalized spacial score (nSPS) is 32.1. The fourth-order valence-electron chi connectivity index (χ4n) is 11.5. The molecule has 0 heterocycles. The monoisotopic (exact) mass is 758 g/mol. The average molecular weight is 759 g/mol. The van der Waals surface area contributed by atoms with E-state index in [0.717, 1.165) is 56.9 Å². The van der Waals surface area contributed by atoms with Crippen LogP contribution in [-0.2, 0) is 30.5 Å². The van der Waals surface area contributed by atoms with Crippen LogP contribution in [0.3, 0.4) is 0 Å². The third-order valence-electron chi connectivity index (χ3n) is 14.4. The lowest BCUT2D eigenvalue weighted by molar-refractivity contribution is -0.174. The van der Waals surface area contributed by atoms with Crippen molar-refractivity contribution >= 4 is 29.4 Å². The summed E-state index contributed by atoms with van der Waals surface area (Å²) < 4.78 is 10.7. The lowest BCUT2D eigenvalue weighted by atomic mass is 9.43. The Labute approximate surface area is 326 Å². The number of hydrogen-bond acceptors (Lipinski definition) is 8. The van der Waals surface area contributed by atoms with Crippen molar-refractivity contribution in [3.63, 3.8) is 0 Å². The zero-order valence-electron chi connectivity index (χ0n) is 33.1. The van der Waals surface area contributed by atoms with Crippen LogP contribution < -0.4 is 10.6 Å². The predicted molar refractivity (Wildman–Crippen MR) is 209 cm³/mol. The number of nitrogens with one attached hydrogen (secondary N) is 2. The molecule has 0 unspecified atom stereocenters. The van der Waals surface area contributed by atoms with Gasteiger partial charge in [-0.2, -0.15) is 0 Å². The summed E-state index contributed by atoms with van der Waals surface area (Å²) in [5, 5.41) is 27.7. The first-order valence-corrected chi connectivity index (χ1v) is 20.8. The van der Waals surface area contributed by atoms with E-state index in [1.807, 2.05) is 30.3 Å². The Hall–Kier alpha value is -3.76. The molecule has 10 heteroatoms. The molecule has 0 spiro atoms. The highest BCUT2D eigenvalue weighted by Gasteiger charge is 2.62. The molecule has 0 aromatic heterocycles. The van der Waals surface area contributed by atoms with Gasteiger partial charge in [0.1, 0.15) is 12.6 Å². The van der Waals surface area contributed by atoms with Crippen molar-refractivity contribution in [2.45, 2.75) is 130 Å². The van der Waals surface area contributed by atoms with Crippen LogP contribution in [0.2, 0.25) is 0 Å². The van der Waals surface area contributed by atoms with E-state index in [0.29, 0.717) is 35.8 Å². The van der Waals surface area contributed by atoms with Crippen LogP contribution >= 0.6 is 0 Å². The maximum atomic E-state index is 13.5. The molecule has 2 aromatic rings. The van der Waals surface area contributed by atoms with Crippen LogP contribution in [0.1, 0.15) is 121 Å². The summed E-state index contributed by atoms with van der Waals surface area (Å²) in [6, 6.07) is 14.9. The number of carbonyl (C=O) groups is 4. The topological polar surface area (TPSA) is 151 Å². The molecule has 10 nitrogen and oxygen atoms in total. The summed E-state index contributed by atoms with van der Waals surface area (Å²) in [7, 11) is 0. The largest absolute Gasteiger partial charge is 0.462 e. The van der Waals surface area contributed by atoms with Gasteiger partial charge in [0, 0.05) is 12.8 Å². The van der Waals surface area contributed by atoms with E-state index in [1.165, 1.54) is 0 Å². The van der Waals surface area contributed by atoms with Gasteiger partial charge in [-0.1, -0.05) is 63.2 Å².